The smallest absolute Gasteiger partial charge is 0.354 e. The Morgan fingerprint density at radius 2 is 2.06 bits per heavy atom. The van der Waals surface area contributed by atoms with Gasteiger partial charge in [0.15, 0.2) is 0 Å². The van der Waals surface area contributed by atoms with Crippen molar-refractivity contribution in [2.24, 2.45) is 0 Å². The second kappa shape index (κ2) is 5.02. The maximum Gasteiger partial charge on any atom is 0.354 e. The van der Waals surface area contributed by atoms with Gasteiger partial charge in [0, 0.05) is 10.6 Å². The second-order valence-corrected chi connectivity index (χ2v) is 4.06. The van der Waals surface area contributed by atoms with E-state index in [1.165, 1.54) is 12.1 Å². The van der Waals surface area contributed by atoms with Crippen LogP contribution < -0.4 is 0 Å². The van der Waals surface area contributed by atoms with Gasteiger partial charge in [0.25, 0.3) is 0 Å². The molecule has 0 saturated carbocycles. The molecular formula is C14H10ClNO2. The maximum atomic E-state index is 11.0. The minimum atomic E-state index is -1.08. The van der Waals surface area contributed by atoms with Gasteiger partial charge in [0.1, 0.15) is 5.69 Å². The van der Waals surface area contributed by atoms with Crippen molar-refractivity contribution in [3.05, 3.63) is 59.4 Å². The summed E-state index contributed by atoms with van der Waals surface area (Å²) in [6.45, 7) is 3.60. The predicted molar refractivity (Wildman–Crippen MR) is 71.7 cm³/mol. The van der Waals surface area contributed by atoms with Crippen LogP contribution in [0, 0.1) is 0 Å². The van der Waals surface area contributed by atoms with Crippen LogP contribution in [0.2, 0.25) is 5.02 Å². The number of aromatic nitrogens is 1. The fourth-order valence-electron chi connectivity index (χ4n) is 1.62. The molecule has 1 aromatic heterocycles. The molecule has 0 atom stereocenters. The first-order valence-corrected chi connectivity index (χ1v) is 5.62. The van der Waals surface area contributed by atoms with Crippen molar-refractivity contribution in [1.82, 2.24) is 4.98 Å². The van der Waals surface area contributed by atoms with Crippen molar-refractivity contribution in [2.45, 2.75) is 0 Å². The molecule has 0 bridgehead atoms. The molecule has 90 valence electrons. The Morgan fingerprint density at radius 1 is 1.33 bits per heavy atom. The topological polar surface area (TPSA) is 50.2 Å². The monoisotopic (exact) mass is 259 g/mol. The number of carboxylic acids is 1. The van der Waals surface area contributed by atoms with Gasteiger partial charge >= 0.3 is 5.97 Å². The van der Waals surface area contributed by atoms with Crippen LogP contribution in [0.5, 0.6) is 0 Å². The Labute approximate surface area is 109 Å². The lowest BCUT2D eigenvalue weighted by Gasteiger charge is -2.06. The van der Waals surface area contributed by atoms with E-state index in [1.807, 2.05) is 18.2 Å². The van der Waals surface area contributed by atoms with Gasteiger partial charge in [-0.3, -0.25) is 0 Å². The molecule has 0 amide bonds. The van der Waals surface area contributed by atoms with Gasteiger partial charge in [0.2, 0.25) is 0 Å². The maximum absolute atomic E-state index is 11.0. The highest BCUT2D eigenvalue weighted by Gasteiger charge is 2.10. The molecule has 0 fully saturated rings. The fourth-order valence-corrected chi connectivity index (χ4v) is 1.86. The van der Waals surface area contributed by atoms with Crippen LogP contribution >= 0.6 is 11.6 Å². The van der Waals surface area contributed by atoms with E-state index in [4.69, 9.17) is 16.7 Å². The van der Waals surface area contributed by atoms with Crippen LogP contribution in [0.3, 0.4) is 0 Å². The number of hydrogen-bond donors (Lipinski definition) is 1. The molecule has 1 heterocycles. The summed E-state index contributed by atoms with van der Waals surface area (Å²) < 4.78 is 0. The molecule has 0 radical (unpaired) electrons. The van der Waals surface area contributed by atoms with Gasteiger partial charge in [-0.25, -0.2) is 9.78 Å². The number of carbonyl (C=O) groups is 1. The molecule has 1 aromatic carbocycles. The molecule has 3 nitrogen and oxygen atoms in total. The van der Waals surface area contributed by atoms with E-state index in [2.05, 4.69) is 11.6 Å². The third-order valence-corrected chi connectivity index (χ3v) is 2.79. The fraction of sp³-hybridized carbons (Fsp3) is 0. The van der Waals surface area contributed by atoms with Gasteiger partial charge in [-0.05, 0) is 29.8 Å². The van der Waals surface area contributed by atoms with Crippen LogP contribution in [0.4, 0.5) is 0 Å². The van der Waals surface area contributed by atoms with Gasteiger partial charge < -0.3 is 5.11 Å². The Hall–Kier alpha value is -2.13. The molecular weight excluding hydrogens is 250 g/mol. The van der Waals surface area contributed by atoms with Crippen molar-refractivity contribution in [1.29, 1.82) is 0 Å². The summed E-state index contributed by atoms with van der Waals surface area (Å²) >= 11 is 6.09. The number of carboxylic acid groups (broad SMARTS) is 1. The Kier molecular flexibility index (Phi) is 3.44. The van der Waals surface area contributed by atoms with Gasteiger partial charge in [-0.1, -0.05) is 36.4 Å². The lowest BCUT2D eigenvalue weighted by atomic mass is 10.0. The first-order valence-electron chi connectivity index (χ1n) is 5.24. The van der Waals surface area contributed by atoms with E-state index >= 15 is 0 Å². The van der Waals surface area contributed by atoms with E-state index < -0.39 is 5.97 Å². The number of benzene rings is 1. The quantitative estimate of drug-likeness (QED) is 0.913. The summed E-state index contributed by atoms with van der Waals surface area (Å²) in [6.07, 6.45) is 1.51. The minimum Gasteiger partial charge on any atom is -0.477 e. The number of aromatic carboxylic acids is 1. The zero-order valence-corrected chi connectivity index (χ0v) is 10.2. The molecule has 0 aliphatic rings. The summed E-state index contributed by atoms with van der Waals surface area (Å²) in [7, 11) is 0. The summed E-state index contributed by atoms with van der Waals surface area (Å²) in [5, 5.41) is 9.58. The molecule has 0 aliphatic carbocycles. The number of nitrogens with zero attached hydrogens (tertiary/aromatic N) is 1. The van der Waals surface area contributed by atoms with Crippen LogP contribution in [-0.4, -0.2) is 16.1 Å². The molecule has 2 rings (SSSR count). The number of rotatable bonds is 3. The van der Waals surface area contributed by atoms with Crippen molar-refractivity contribution < 1.29 is 9.90 Å². The van der Waals surface area contributed by atoms with Gasteiger partial charge in [-0.2, -0.15) is 0 Å². The van der Waals surface area contributed by atoms with Crippen molar-refractivity contribution in [2.75, 3.05) is 0 Å². The number of pyridine rings is 1. The van der Waals surface area contributed by atoms with E-state index in [1.54, 1.807) is 12.1 Å². The third-order valence-electron chi connectivity index (χ3n) is 2.46. The highest BCUT2D eigenvalue weighted by Crippen LogP contribution is 2.28. The Balaban J connectivity index is 2.64. The predicted octanol–water partition coefficient (Wildman–Crippen LogP) is 3.74. The second-order valence-electron chi connectivity index (χ2n) is 3.66. The number of halogens is 1. The van der Waals surface area contributed by atoms with Gasteiger partial charge in [-0.15, -0.1) is 0 Å². The van der Waals surface area contributed by atoms with Crippen LogP contribution in [-0.2, 0) is 0 Å². The zero-order valence-electron chi connectivity index (χ0n) is 9.43. The highest BCUT2D eigenvalue weighted by atomic mass is 35.5. The van der Waals surface area contributed by atoms with Gasteiger partial charge in [0.05, 0.1) is 5.69 Å². The van der Waals surface area contributed by atoms with Crippen molar-refractivity contribution in [3.8, 4) is 11.1 Å². The molecule has 0 saturated heterocycles. The Bertz CT molecular complexity index is 623. The number of hydrogen-bond acceptors (Lipinski definition) is 2. The van der Waals surface area contributed by atoms with E-state index in [9.17, 15) is 4.79 Å². The van der Waals surface area contributed by atoms with E-state index in [0.717, 1.165) is 5.56 Å². The molecule has 0 spiro atoms. The first-order chi connectivity index (χ1) is 8.61. The molecule has 0 aliphatic heterocycles. The molecule has 18 heavy (non-hydrogen) atoms. The Morgan fingerprint density at radius 3 is 2.67 bits per heavy atom. The third kappa shape index (κ3) is 2.41. The lowest BCUT2D eigenvalue weighted by molar-refractivity contribution is 0.0690. The average molecular weight is 260 g/mol. The highest BCUT2D eigenvalue weighted by molar-refractivity contribution is 6.33. The normalized spacial score (nSPS) is 10.1. The average Bonchev–Trinajstić information content (AvgIpc) is 2.38. The summed E-state index contributed by atoms with van der Waals surface area (Å²) in [6, 6.07) is 10.5. The van der Waals surface area contributed by atoms with Crippen molar-refractivity contribution >= 4 is 23.6 Å². The standard InChI is InChI=1S/C14H10ClNO2/c1-2-10-7-9(8-13(16-10)14(17)18)11-5-3-4-6-12(11)15/h2-8H,1H2,(H,17,18). The SMILES string of the molecule is C=Cc1cc(-c2ccccc2Cl)cc(C(=O)O)n1. The van der Waals surface area contributed by atoms with Crippen LogP contribution in [0.15, 0.2) is 43.0 Å². The lowest BCUT2D eigenvalue weighted by Crippen LogP contribution is -2.02. The zero-order chi connectivity index (χ0) is 13.1. The first kappa shape index (κ1) is 12.3. The van der Waals surface area contributed by atoms with E-state index in [0.29, 0.717) is 16.3 Å². The molecule has 0 unspecified atom stereocenters. The molecule has 2 aromatic rings. The summed E-state index contributed by atoms with van der Waals surface area (Å²) in [5.41, 5.74) is 1.96. The van der Waals surface area contributed by atoms with Crippen LogP contribution in [0.25, 0.3) is 17.2 Å². The summed E-state index contributed by atoms with van der Waals surface area (Å²) in [5.74, 6) is -1.08. The van der Waals surface area contributed by atoms with Crippen LogP contribution in [0.1, 0.15) is 16.2 Å². The molecule has 1 N–H and O–H groups in total. The summed E-state index contributed by atoms with van der Waals surface area (Å²) in [4.78, 5) is 15.0. The van der Waals surface area contributed by atoms with E-state index in [-0.39, 0.29) is 5.69 Å². The minimum absolute atomic E-state index is 0.0256. The van der Waals surface area contributed by atoms with Crippen molar-refractivity contribution in [3.63, 3.8) is 0 Å². The molecule has 4 heteroatoms. The largest absolute Gasteiger partial charge is 0.477 e.